The van der Waals surface area contributed by atoms with Crippen LogP contribution in [0.5, 0.6) is 5.75 Å². The summed E-state index contributed by atoms with van der Waals surface area (Å²) in [7, 11) is 0. The van der Waals surface area contributed by atoms with Crippen LogP contribution in [0.15, 0.2) is 36.4 Å². The number of H-pyrrole nitrogens is 1. The van der Waals surface area contributed by atoms with Gasteiger partial charge in [-0.2, -0.15) is 0 Å². The molecule has 3 aromatic rings. The van der Waals surface area contributed by atoms with E-state index in [4.69, 9.17) is 4.74 Å². The van der Waals surface area contributed by atoms with Crippen molar-refractivity contribution in [3.05, 3.63) is 42.0 Å². The number of hydrogen-bond donors (Lipinski definition) is 1. The zero-order valence-electron chi connectivity index (χ0n) is 8.79. The summed E-state index contributed by atoms with van der Waals surface area (Å²) in [5.41, 5.74) is 3.73. The molecular weight excluding hydrogens is 198 g/mol. The lowest BCUT2D eigenvalue weighted by atomic mass is 10.1. The maximum Gasteiger partial charge on any atom is 0.123 e. The van der Waals surface area contributed by atoms with E-state index in [1.54, 1.807) is 0 Å². The van der Waals surface area contributed by atoms with Crippen molar-refractivity contribution in [1.29, 1.82) is 0 Å². The van der Waals surface area contributed by atoms with Gasteiger partial charge in [-0.1, -0.05) is 18.2 Å². The van der Waals surface area contributed by atoms with Crippen LogP contribution in [-0.2, 0) is 6.42 Å². The minimum atomic E-state index is 0.819. The molecule has 0 aliphatic carbocycles. The monoisotopic (exact) mass is 209 g/mol. The zero-order chi connectivity index (χ0) is 10.5. The standard InChI is InChI=1S/C14H11NO/c1-2-4-12-10(3-1)11-8-14-9(5-6-16-14)7-13(11)15-12/h1-4,7-8,15H,5-6H2. The predicted molar refractivity (Wildman–Crippen MR) is 65.0 cm³/mol. The number of rotatable bonds is 0. The fourth-order valence-corrected chi connectivity index (χ4v) is 2.52. The molecule has 0 atom stereocenters. The van der Waals surface area contributed by atoms with Crippen molar-refractivity contribution in [3.8, 4) is 5.75 Å². The Kier molecular flexibility index (Phi) is 1.43. The molecule has 0 amide bonds. The van der Waals surface area contributed by atoms with E-state index in [9.17, 15) is 0 Å². The fraction of sp³-hybridized carbons (Fsp3) is 0.143. The average Bonchev–Trinajstić information content (AvgIpc) is 2.88. The molecule has 1 aliphatic heterocycles. The first-order chi connectivity index (χ1) is 7.92. The van der Waals surface area contributed by atoms with Crippen LogP contribution in [0, 0.1) is 0 Å². The number of hydrogen-bond acceptors (Lipinski definition) is 1. The second kappa shape index (κ2) is 2.79. The van der Waals surface area contributed by atoms with Crippen LogP contribution in [0.1, 0.15) is 5.56 Å². The lowest BCUT2D eigenvalue weighted by Crippen LogP contribution is -1.85. The molecule has 4 rings (SSSR count). The van der Waals surface area contributed by atoms with E-state index < -0.39 is 0 Å². The van der Waals surface area contributed by atoms with Crippen molar-refractivity contribution in [1.82, 2.24) is 4.98 Å². The molecule has 2 heteroatoms. The lowest BCUT2D eigenvalue weighted by Gasteiger charge is -1.98. The van der Waals surface area contributed by atoms with E-state index >= 15 is 0 Å². The number of benzene rings is 2. The van der Waals surface area contributed by atoms with Crippen molar-refractivity contribution in [3.63, 3.8) is 0 Å². The quantitative estimate of drug-likeness (QED) is 0.604. The molecular formula is C14H11NO. The van der Waals surface area contributed by atoms with E-state index in [0.717, 1.165) is 18.8 Å². The highest BCUT2D eigenvalue weighted by molar-refractivity contribution is 6.07. The van der Waals surface area contributed by atoms with Gasteiger partial charge < -0.3 is 9.72 Å². The predicted octanol–water partition coefficient (Wildman–Crippen LogP) is 3.26. The Morgan fingerprint density at radius 2 is 1.94 bits per heavy atom. The Labute approximate surface area is 92.8 Å². The van der Waals surface area contributed by atoms with Gasteiger partial charge in [0, 0.05) is 28.2 Å². The maximum absolute atomic E-state index is 5.61. The van der Waals surface area contributed by atoms with Gasteiger partial charge >= 0.3 is 0 Å². The van der Waals surface area contributed by atoms with Crippen LogP contribution < -0.4 is 4.74 Å². The van der Waals surface area contributed by atoms with E-state index in [1.807, 2.05) is 0 Å². The van der Waals surface area contributed by atoms with Crippen molar-refractivity contribution >= 4 is 21.8 Å². The first-order valence-corrected chi connectivity index (χ1v) is 5.58. The van der Waals surface area contributed by atoms with Gasteiger partial charge in [0.1, 0.15) is 5.75 Å². The van der Waals surface area contributed by atoms with Crippen molar-refractivity contribution in [2.75, 3.05) is 6.61 Å². The number of ether oxygens (including phenoxy) is 1. The molecule has 0 spiro atoms. The van der Waals surface area contributed by atoms with Crippen LogP contribution in [0.2, 0.25) is 0 Å². The van der Waals surface area contributed by atoms with Crippen molar-refractivity contribution < 1.29 is 4.74 Å². The molecule has 2 heterocycles. The number of para-hydroxylation sites is 1. The molecule has 0 fully saturated rings. The summed E-state index contributed by atoms with van der Waals surface area (Å²) in [6, 6.07) is 12.8. The molecule has 1 N–H and O–H groups in total. The maximum atomic E-state index is 5.61. The van der Waals surface area contributed by atoms with Crippen LogP contribution in [0.4, 0.5) is 0 Å². The van der Waals surface area contributed by atoms with Crippen LogP contribution >= 0.6 is 0 Å². The SMILES string of the molecule is c1ccc2c(c1)[nH]c1cc3c(cc12)OCC3. The van der Waals surface area contributed by atoms with Crippen molar-refractivity contribution in [2.24, 2.45) is 0 Å². The van der Waals surface area contributed by atoms with E-state index in [2.05, 4.69) is 41.4 Å². The molecule has 0 unspecified atom stereocenters. The summed E-state index contributed by atoms with van der Waals surface area (Å²) in [5.74, 6) is 1.05. The highest BCUT2D eigenvalue weighted by Crippen LogP contribution is 2.34. The van der Waals surface area contributed by atoms with Gasteiger partial charge in [0.25, 0.3) is 0 Å². The van der Waals surface area contributed by atoms with Gasteiger partial charge in [0.15, 0.2) is 0 Å². The van der Waals surface area contributed by atoms with Crippen molar-refractivity contribution in [2.45, 2.75) is 6.42 Å². The lowest BCUT2D eigenvalue weighted by molar-refractivity contribution is 0.357. The Morgan fingerprint density at radius 3 is 2.94 bits per heavy atom. The Balaban J connectivity index is 2.19. The van der Waals surface area contributed by atoms with Crippen LogP contribution in [0.3, 0.4) is 0 Å². The Hall–Kier alpha value is -1.96. The van der Waals surface area contributed by atoms with Gasteiger partial charge in [0.05, 0.1) is 6.61 Å². The number of aromatic amines is 1. The average molecular weight is 209 g/mol. The summed E-state index contributed by atoms with van der Waals surface area (Å²) in [4.78, 5) is 3.45. The summed E-state index contributed by atoms with van der Waals surface area (Å²) in [5, 5.41) is 2.53. The summed E-state index contributed by atoms with van der Waals surface area (Å²) in [6.45, 7) is 0.819. The topological polar surface area (TPSA) is 25.0 Å². The van der Waals surface area contributed by atoms with E-state index in [0.29, 0.717) is 0 Å². The third-order valence-corrected chi connectivity index (χ3v) is 3.32. The first-order valence-electron chi connectivity index (χ1n) is 5.58. The van der Waals surface area contributed by atoms with Crippen LogP contribution in [-0.4, -0.2) is 11.6 Å². The second-order valence-corrected chi connectivity index (χ2v) is 4.27. The second-order valence-electron chi connectivity index (χ2n) is 4.27. The molecule has 2 aromatic carbocycles. The van der Waals surface area contributed by atoms with Gasteiger partial charge in [-0.05, 0) is 23.8 Å². The van der Waals surface area contributed by atoms with Gasteiger partial charge in [0.2, 0.25) is 0 Å². The molecule has 1 aliphatic rings. The molecule has 78 valence electrons. The number of nitrogens with one attached hydrogen (secondary N) is 1. The summed E-state index contributed by atoms with van der Waals surface area (Å²) >= 11 is 0. The molecule has 0 bridgehead atoms. The minimum absolute atomic E-state index is 0.819. The van der Waals surface area contributed by atoms with E-state index in [1.165, 1.54) is 27.4 Å². The fourth-order valence-electron chi connectivity index (χ4n) is 2.52. The smallest absolute Gasteiger partial charge is 0.123 e. The Bertz CT molecular complexity index is 696. The largest absolute Gasteiger partial charge is 0.493 e. The van der Waals surface area contributed by atoms with Crippen LogP contribution in [0.25, 0.3) is 21.8 Å². The third kappa shape index (κ3) is 0.963. The summed E-state index contributed by atoms with van der Waals surface area (Å²) < 4.78 is 5.61. The molecule has 0 radical (unpaired) electrons. The van der Waals surface area contributed by atoms with Gasteiger partial charge in [-0.15, -0.1) is 0 Å². The molecule has 16 heavy (non-hydrogen) atoms. The van der Waals surface area contributed by atoms with Gasteiger partial charge in [-0.25, -0.2) is 0 Å². The molecule has 2 nitrogen and oxygen atoms in total. The molecule has 0 saturated heterocycles. The normalized spacial score (nSPS) is 14.2. The molecule has 0 saturated carbocycles. The third-order valence-electron chi connectivity index (χ3n) is 3.32. The minimum Gasteiger partial charge on any atom is -0.493 e. The molecule has 1 aromatic heterocycles. The highest BCUT2D eigenvalue weighted by atomic mass is 16.5. The number of aromatic nitrogens is 1. The highest BCUT2D eigenvalue weighted by Gasteiger charge is 2.14. The first kappa shape index (κ1) is 8.22. The Morgan fingerprint density at radius 1 is 1.00 bits per heavy atom. The van der Waals surface area contributed by atoms with Gasteiger partial charge in [-0.3, -0.25) is 0 Å². The van der Waals surface area contributed by atoms with E-state index in [-0.39, 0.29) is 0 Å². The zero-order valence-corrected chi connectivity index (χ0v) is 8.79. The number of fused-ring (bicyclic) bond motifs is 4. The summed E-state index contributed by atoms with van der Waals surface area (Å²) in [6.07, 6.45) is 1.03.